The molecule has 104 valence electrons. The van der Waals surface area contributed by atoms with E-state index in [2.05, 4.69) is 4.74 Å². The quantitative estimate of drug-likeness (QED) is 0.763. The molecule has 0 unspecified atom stereocenters. The van der Waals surface area contributed by atoms with E-state index in [4.69, 9.17) is 0 Å². The number of esters is 1. The lowest BCUT2D eigenvalue weighted by molar-refractivity contribution is -0.148. The molecule has 0 aromatic heterocycles. The van der Waals surface area contributed by atoms with Crippen molar-refractivity contribution in [1.29, 1.82) is 0 Å². The van der Waals surface area contributed by atoms with Crippen molar-refractivity contribution in [3.8, 4) is 0 Å². The number of hydrogen-bond acceptors (Lipinski definition) is 3. The lowest BCUT2D eigenvalue weighted by Crippen LogP contribution is -2.41. The van der Waals surface area contributed by atoms with Crippen molar-refractivity contribution in [2.75, 3.05) is 13.7 Å². The predicted octanol–water partition coefficient (Wildman–Crippen LogP) is 1.95. The zero-order valence-electron chi connectivity index (χ0n) is 12.0. The second kappa shape index (κ2) is 6.92. The number of benzene rings is 1. The standard InChI is InChI=1S/C15H21NO3/c1-11(2)16(10-15(18)19-4)14(17)9-13-7-5-12(3)6-8-13/h5-8,11H,9-10H2,1-4H3. The van der Waals surface area contributed by atoms with Crippen LogP contribution in [0.15, 0.2) is 24.3 Å². The maximum atomic E-state index is 12.2. The maximum absolute atomic E-state index is 12.2. The normalized spacial score (nSPS) is 10.4. The van der Waals surface area contributed by atoms with Gasteiger partial charge in [-0.1, -0.05) is 29.8 Å². The molecule has 1 amide bonds. The molecule has 0 atom stereocenters. The Kier molecular flexibility index (Phi) is 5.55. The van der Waals surface area contributed by atoms with Crippen LogP contribution >= 0.6 is 0 Å². The van der Waals surface area contributed by atoms with E-state index >= 15 is 0 Å². The fraction of sp³-hybridized carbons (Fsp3) is 0.467. The first-order chi connectivity index (χ1) is 8.93. The Labute approximate surface area is 114 Å². The van der Waals surface area contributed by atoms with E-state index in [1.54, 1.807) is 0 Å². The van der Waals surface area contributed by atoms with Crippen molar-refractivity contribution in [3.05, 3.63) is 35.4 Å². The molecule has 0 saturated heterocycles. The van der Waals surface area contributed by atoms with Crippen LogP contribution in [-0.4, -0.2) is 36.5 Å². The Bertz CT molecular complexity index is 437. The van der Waals surface area contributed by atoms with Crippen molar-refractivity contribution in [2.24, 2.45) is 0 Å². The van der Waals surface area contributed by atoms with Gasteiger partial charge in [-0.25, -0.2) is 0 Å². The molecule has 4 heteroatoms. The fourth-order valence-electron chi connectivity index (χ4n) is 1.74. The molecular formula is C15H21NO3. The van der Waals surface area contributed by atoms with Crippen LogP contribution in [0.2, 0.25) is 0 Å². The third kappa shape index (κ3) is 4.73. The number of methoxy groups -OCH3 is 1. The molecule has 0 N–H and O–H groups in total. The van der Waals surface area contributed by atoms with Crippen LogP contribution in [0.4, 0.5) is 0 Å². The van der Waals surface area contributed by atoms with Crippen molar-refractivity contribution in [1.82, 2.24) is 4.90 Å². The van der Waals surface area contributed by atoms with Gasteiger partial charge in [0.1, 0.15) is 6.54 Å². The summed E-state index contributed by atoms with van der Waals surface area (Å²) in [6.45, 7) is 5.77. The van der Waals surface area contributed by atoms with Gasteiger partial charge in [0.2, 0.25) is 5.91 Å². The van der Waals surface area contributed by atoms with Gasteiger partial charge in [-0.2, -0.15) is 0 Å². The van der Waals surface area contributed by atoms with E-state index in [1.165, 1.54) is 12.0 Å². The Morgan fingerprint density at radius 2 is 1.79 bits per heavy atom. The number of ether oxygens (including phenoxy) is 1. The Morgan fingerprint density at radius 1 is 1.21 bits per heavy atom. The second-order valence-corrected chi connectivity index (χ2v) is 4.85. The minimum absolute atomic E-state index is 0.00113. The van der Waals surface area contributed by atoms with Gasteiger partial charge in [0.25, 0.3) is 0 Å². The molecule has 0 radical (unpaired) electrons. The molecule has 0 heterocycles. The number of hydrogen-bond donors (Lipinski definition) is 0. The molecule has 4 nitrogen and oxygen atoms in total. The zero-order chi connectivity index (χ0) is 14.4. The first kappa shape index (κ1) is 15.2. The highest BCUT2D eigenvalue weighted by Gasteiger charge is 2.20. The van der Waals surface area contributed by atoms with Crippen molar-refractivity contribution >= 4 is 11.9 Å². The Morgan fingerprint density at radius 3 is 2.26 bits per heavy atom. The predicted molar refractivity (Wildman–Crippen MR) is 73.7 cm³/mol. The first-order valence-corrected chi connectivity index (χ1v) is 6.36. The average molecular weight is 263 g/mol. The molecule has 19 heavy (non-hydrogen) atoms. The summed E-state index contributed by atoms with van der Waals surface area (Å²) in [6, 6.07) is 7.79. The van der Waals surface area contributed by atoms with E-state index in [0.717, 1.165) is 11.1 Å². The summed E-state index contributed by atoms with van der Waals surface area (Å²) in [4.78, 5) is 25.1. The van der Waals surface area contributed by atoms with Crippen LogP contribution in [0.5, 0.6) is 0 Å². The highest BCUT2D eigenvalue weighted by Crippen LogP contribution is 2.08. The summed E-state index contributed by atoms with van der Waals surface area (Å²) < 4.78 is 4.61. The summed E-state index contributed by atoms with van der Waals surface area (Å²) in [6.07, 6.45) is 0.301. The van der Waals surface area contributed by atoms with Crippen LogP contribution < -0.4 is 0 Å². The molecular weight excluding hydrogens is 242 g/mol. The summed E-state index contributed by atoms with van der Waals surface area (Å²) in [7, 11) is 1.32. The van der Waals surface area contributed by atoms with Crippen LogP contribution in [0.1, 0.15) is 25.0 Å². The molecule has 0 aliphatic heterocycles. The molecule has 0 spiro atoms. The molecule has 1 rings (SSSR count). The van der Waals surface area contributed by atoms with Gasteiger partial charge in [-0.05, 0) is 26.3 Å². The van der Waals surface area contributed by atoms with Crippen LogP contribution in [0.25, 0.3) is 0 Å². The monoisotopic (exact) mass is 263 g/mol. The summed E-state index contributed by atoms with van der Waals surface area (Å²) >= 11 is 0. The molecule has 0 fully saturated rings. The number of carbonyl (C=O) groups excluding carboxylic acids is 2. The molecule has 0 aliphatic rings. The van der Waals surface area contributed by atoms with Gasteiger partial charge in [-0.15, -0.1) is 0 Å². The number of aryl methyl sites for hydroxylation is 1. The minimum atomic E-state index is -0.397. The average Bonchev–Trinajstić information content (AvgIpc) is 2.37. The van der Waals surface area contributed by atoms with Crippen molar-refractivity contribution < 1.29 is 14.3 Å². The highest BCUT2D eigenvalue weighted by molar-refractivity contribution is 5.83. The molecule has 1 aromatic carbocycles. The summed E-state index contributed by atoms with van der Waals surface area (Å²) in [5, 5.41) is 0. The lowest BCUT2D eigenvalue weighted by Gasteiger charge is -2.25. The maximum Gasteiger partial charge on any atom is 0.325 e. The topological polar surface area (TPSA) is 46.6 Å². The van der Waals surface area contributed by atoms with Gasteiger partial charge in [0, 0.05) is 6.04 Å². The Balaban J connectivity index is 2.71. The number of carbonyl (C=O) groups is 2. The van der Waals surface area contributed by atoms with E-state index in [-0.39, 0.29) is 18.5 Å². The van der Waals surface area contributed by atoms with E-state index in [1.807, 2.05) is 45.0 Å². The molecule has 0 bridgehead atoms. The smallest absolute Gasteiger partial charge is 0.325 e. The zero-order valence-corrected chi connectivity index (χ0v) is 12.0. The van der Waals surface area contributed by atoms with E-state index < -0.39 is 5.97 Å². The second-order valence-electron chi connectivity index (χ2n) is 4.85. The van der Waals surface area contributed by atoms with Gasteiger partial charge in [0.05, 0.1) is 13.5 Å². The minimum Gasteiger partial charge on any atom is -0.468 e. The molecule has 1 aromatic rings. The first-order valence-electron chi connectivity index (χ1n) is 6.36. The lowest BCUT2D eigenvalue weighted by atomic mass is 10.1. The summed E-state index contributed by atoms with van der Waals surface area (Å²) in [5.41, 5.74) is 2.11. The molecule has 0 aliphatic carbocycles. The number of nitrogens with zero attached hydrogens (tertiary/aromatic N) is 1. The third-order valence-corrected chi connectivity index (χ3v) is 2.95. The van der Waals surface area contributed by atoms with Crippen molar-refractivity contribution in [2.45, 2.75) is 33.2 Å². The van der Waals surface area contributed by atoms with Gasteiger partial charge >= 0.3 is 5.97 Å². The van der Waals surface area contributed by atoms with Gasteiger partial charge in [-0.3, -0.25) is 9.59 Å². The van der Waals surface area contributed by atoms with Crippen molar-refractivity contribution in [3.63, 3.8) is 0 Å². The van der Waals surface area contributed by atoms with Gasteiger partial charge < -0.3 is 9.64 Å². The van der Waals surface area contributed by atoms with Crippen LogP contribution in [-0.2, 0) is 20.7 Å². The number of amides is 1. The van der Waals surface area contributed by atoms with Crippen LogP contribution in [0, 0.1) is 6.92 Å². The summed E-state index contributed by atoms with van der Waals surface area (Å²) in [5.74, 6) is -0.463. The Hall–Kier alpha value is -1.84. The highest BCUT2D eigenvalue weighted by atomic mass is 16.5. The van der Waals surface area contributed by atoms with Gasteiger partial charge in [0.15, 0.2) is 0 Å². The number of rotatable bonds is 5. The van der Waals surface area contributed by atoms with E-state index in [9.17, 15) is 9.59 Å². The van der Waals surface area contributed by atoms with Crippen LogP contribution in [0.3, 0.4) is 0 Å². The SMILES string of the molecule is COC(=O)CN(C(=O)Cc1ccc(C)cc1)C(C)C. The largest absolute Gasteiger partial charge is 0.468 e. The van der Waals surface area contributed by atoms with E-state index in [0.29, 0.717) is 6.42 Å². The molecule has 0 saturated carbocycles. The third-order valence-electron chi connectivity index (χ3n) is 2.95. The fourth-order valence-corrected chi connectivity index (χ4v) is 1.74.